The largest absolute Gasteiger partial charge is 0.369 e. The molecule has 2 N–H and O–H groups in total. The summed E-state index contributed by atoms with van der Waals surface area (Å²) in [6.45, 7) is 4.13. The Balaban J connectivity index is 2.16. The highest BCUT2D eigenvalue weighted by molar-refractivity contribution is 5.49. The molecular formula is C12H18N2. The minimum atomic E-state index is 0.635. The van der Waals surface area contributed by atoms with E-state index >= 15 is 0 Å². The summed E-state index contributed by atoms with van der Waals surface area (Å²) in [4.78, 5) is 2.47. The molecular weight excluding hydrogens is 172 g/mol. The van der Waals surface area contributed by atoms with Crippen LogP contribution in [0.5, 0.6) is 0 Å². The van der Waals surface area contributed by atoms with E-state index in [4.69, 9.17) is 5.73 Å². The molecule has 1 unspecified atom stereocenters. The summed E-state index contributed by atoms with van der Waals surface area (Å²) in [7, 11) is 0. The van der Waals surface area contributed by atoms with E-state index in [1.165, 1.54) is 30.6 Å². The Morgan fingerprint density at radius 1 is 1.36 bits per heavy atom. The van der Waals surface area contributed by atoms with Crippen LogP contribution in [0, 0.1) is 0 Å². The zero-order valence-electron chi connectivity index (χ0n) is 8.74. The molecule has 1 aliphatic rings. The number of benzene rings is 1. The van der Waals surface area contributed by atoms with Crippen LogP contribution in [0.1, 0.15) is 25.3 Å². The van der Waals surface area contributed by atoms with Gasteiger partial charge in [0.1, 0.15) is 0 Å². The highest BCUT2D eigenvalue weighted by Crippen LogP contribution is 2.25. The fourth-order valence-corrected chi connectivity index (χ4v) is 2.14. The lowest BCUT2D eigenvalue weighted by Crippen LogP contribution is -2.26. The third-order valence-corrected chi connectivity index (χ3v) is 3.06. The first-order valence-electron chi connectivity index (χ1n) is 5.37. The lowest BCUT2D eigenvalue weighted by molar-refractivity contribution is 0.735. The molecule has 0 amide bonds. The van der Waals surface area contributed by atoms with E-state index in [1.807, 2.05) is 0 Å². The van der Waals surface area contributed by atoms with Crippen molar-refractivity contribution in [1.82, 2.24) is 0 Å². The Labute approximate surface area is 85.7 Å². The molecule has 1 fully saturated rings. The normalized spacial score (nSPS) is 21.6. The summed E-state index contributed by atoms with van der Waals surface area (Å²) in [6, 6.07) is 9.31. The molecule has 0 saturated carbocycles. The number of nitrogens with zero attached hydrogens (tertiary/aromatic N) is 1. The highest BCUT2D eigenvalue weighted by atomic mass is 15.2. The second-order valence-corrected chi connectivity index (χ2v) is 4.06. The Kier molecular flexibility index (Phi) is 2.73. The van der Waals surface area contributed by atoms with Crippen molar-refractivity contribution in [2.45, 2.75) is 32.4 Å². The lowest BCUT2D eigenvalue weighted by atomic mass is 10.2. The summed E-state index contributed by atoms with van der Waals surface area (Å²) in [5, 5.41) is 0. The molecule has 0 aliphatic carbocycles. The fourth-order valence-electron chi connectivity index (χ4n) is 2.14. The molecule has 0 radical (unpaired) electrons. The van der Waals surface area contributed by atoms with Gasteiger partial charge in [-0.05, 0) is 37.5 Å². The Hall–Kier alpha value is -1.02. The van der Waals surface area contributed by atoms with Crippen LogP contribution in [0.15, 0.2) is 24.3 Å². The molecule has 76 valence electrons. The van der Waals surface area contributed by atoms with Crippen LogP contribution >= 0.6 is 0 Å². The summed E-state index contributed by atoms with van der Waals surface area (Å²) in [5.74, 6) is 0. The minimum absolute atomic E-state index is 0.635. The maximum absolute atomic E-state index is 5.57. The maximum atomic E-state index is 5.57. The van der Waals surface area contributed by atoms with E-state index in [0.717, 1.165) is 0 Å². The SMILES string of the molecule is CC1CCCN1c1ccc(CN)cc1. The predicted octanol–water partition coefficient (Wildman–Crippen LogP) is 2.13. The monoisotopic (exact) mass is 190 g/mol. The first-order chi connectivity index (χ1) is 6.81. The van der Waals surface area contributed by atoms with Crippen LogP contribution in [-0.4, -0.2) is 12.6 Å². The maximum Gasteiger partial charge on any atom is 0.0368 e. The molecule has 0 spiro atoms. The fraction of sp³-hybridized carbons (Fsp3) is 0.500. The van der Waals surface area contributed by atoms with Gasteiger partial charge in [-0.3, -0.25) is 0 Å². The second-order valence-electron chi connectivity index (χ2n) is 4.06. The van der Waals surface area contributed by atoms with Crippen molar-refractivity contribution in [2.75, 3.05) is 11.4 Å². The lowest BCUT2D eigenvalue weighted by Gasteiger charge is -2.23. The number of nitrogens with two attached hydrogens (primary N) is 1. The first-order valence-corrected chi connectivity index (χ1v) is 5.37. The van der Waals surface area contributed by atoms with Gasteiger partial charge in [-0.15, -0.1) is 0 Å². The van der Waals surface area contributed by atoms with Gasteiger partial charge < -0.3 is 10.6 Å². The van der Waals surface area contributed by atoms with Crippen molar-refractivity contribution in [1.29, 1.82) is 0 Å². The standard InChI is InChI=1S/C12H18N2/c1-10-3-2-8-14(10)12-6-4-11(9-13)5-7-12/h4-7,10H,2-3,8-9,13H2,1H3. The molecule has 2 nitrogen and oxygen atoms in total. The van der Waals surface area contributed by atoms with Gasteiger partial charge in [0.15, 0.2) is 0 Å². The number of anilines is 1. The average Bonchev–Trinajstić information content (AvgIpc) is 2.65. The quantitative estimate of drug-likeness (QED) is 0.774. The van der Waals surface area contributed by atoms with Crippen molar-refractivity contribution < 1.29 is 0 Å². The average molecular weight is 190 g/mol. The molecule has 2 heteroatoms. The zero-order chi connectivity index (χ0) is 9.97. The molecule has 1 aromatic rings. The van der Waals surface area contributed by atoms with Gasteiger partial charge in [0.05, 0.1) is 0 Å². The summed E-state index contributed by atoms with van der Waals surface area (Å²) in [5.41, 5.74) is 8.12. The zero-order valence-corrected chi connectivity index (χ0v) is 8.74. The van der Waals surface area contributed by atoms with Crippen LogP contribution in [0.3, 0.4) is 0 Å². The number of rotatable bonds is 2. The van der Waals surface area contributed by atoms with Crippen molar-refractivity contribution in [3.8, 4) is 0 Å². The topological polar surface area (TPSA) is 29.3 Å². The van der Waals surface area contributed by atoms with E-state index in [1.54, 1.807) is 0 Å². The van der Waals surface area contributed by atoms with E-state index in [0.29, 0.717) is 12.6 Å². The van der Waals surface area contributed by atoms with Crippen LogP contribution in [-0.2, 0) is 6.54 Å². The molecule has 14 heavy (non-hydrogen) atoms. The molecule has 1 aromatic carbocycles. The second kappa shape index (κ2) is 4.01. The van der Waals surface area contributed by atoms with Crippen LogP contribution in [0.4, 0.5) is 5.69 Å². The van der Waals surface area contributed by atoms with Gasteiger partial charge in [-0.2, -0.15) is 0 Å². The molecule has 0 aromatic heterocycles. The van der Waals surface area contributed by atoms with E-state index < -0.39 is 0 Å². The third-order valence-electron chi connectivity index (χ3n) is 3.06. The molecule has 1 aliphatic heterocycles. The van der Waals surface area contributed by atoms with Gasteiger partial charge >= 0.3 is 0 Å². The summed E-state index contributed by atoms with van der Waals surface area (Å²) < 4.78 is 0. The highest BCUT2D eigenvalue weighted by Gasteiger charge is 2.19. The molecule has 1 saturated heterocycles. The van der Waals surface area contributed by atoms with Crippen molar-refractivity contribution in [2.24, 2.45) is 5.73 Å². The van der Waals surface area contributed by atoms with Crippen molar-refractivity contribution in [3.63, 3.8) is 0 Å². The Morgan fingerprint density at radius 2 is 2.07 bits per heavy atom. The van der Waals surface area contributed by atoms with Gasteiger partial charge in [-0.25, -0.2) is 0 Å². The predicted molar refractivity (Wildman–Crippen MR) is 60.4 cm³/mol. The Bertz CT molecular complexity index is 292. The molecule has 2 rings (SSSR count). The van der Waals surface area contributed by atoms with Crippen LogP contribution in [0.2, 0.25) is 0 Å². The van der Waals surface area contributed by atoms with Crippen molar-refractivity contribution in [3.05, 3.63) is 29.8 Å². The van der Waals surface area contributed by atoms with Gasteiger partial charge in [0, 0.05) is 24.8 Å². The molecule has 0 bridgehead atoms. The number of hydrogen-bond donors (Lipinski definition) is 1. The first kappa shape index (κ1) is 9.53. The van der Waals surface area contributed by atoms with Crippen LogP contribution in [0.25, 0.3) is 0 Å². The summed E-state index contributed by atoms with van der Waals surface area (Å²) >= 11 is 0. The van der Waals surface area contributed by atoms with Crippen molar-refractivity contribution >= 4 is 5.69 Å². The summed E-state index contributed by atoms with van der Waals surface area (Å²) in [6.07, 6.45) is 2.64. The minimum Gasteiger partial charge on any atom is -0.369 e. The third kappa shape index (κ3) is 1.75. The molecule has 1 heterocycles. The van der Waals surface area contributed by atoms with Gasteiger partial charge in [0.2, 0.25) is 0 Å². The van der Waals surface area contributed by atoms with E-state index in [2.05, 4.69) is 36.1 Å². The number of hydrogen-bond acceptors (Lipinski definition) is 2. The molecule has 1 atom stereocenters. The van der Waals surface area contributed by atoms with E-state index in [-0.39, 0.29) is 0 Å². The van der Waals surface area contributed by atoms with E-state index in [9.17, 15) is 0 Å². The van der Waals surface area contributed by atoms with Gasteiger partial charge in [-0.1, -0.05) is 12.1 Å². The Morgan fingerprint density at radius 3 is 2.57 bits per heavy atom. The van der Waals surface area contributed by atoms with Gasteiger partial charge in [0.25, 0.3) is 0 Å². The van der Waals surface area contributed by atoms with Crippen LogP contribution < -0.4 is 10.6 Å². The smallest absolute Gasteiger partial charge is 0.0368 e.